The molecule has 0 radical (unpaired) electrons. The van der Waals surface area contributed by atoms with Crippen LogP contribution >= 0.6 is 0 Å². The second kappa shape index (κ2) is 8.90. The monoisotopic (exact) mass is 499 g/mol. The standard InChI is InChI=1S/C25H21F4N5O2/c26-16-5-3-14(4-6-16)22(35)25(28,29)12-31-23(36)20-17(13-1-2-13)7-8-18(21(20)27)15-9-10-34-19(11-15)32-24(30)33-34/h3-11,13,22,35H,1-2,12H2,(H2,30,33)(H,31,36)/t22-/m0/s1. The molecule has 1 aliphatic rings. The number of hydrogen-bond donors (Lipinski definition) is 3. The molecule has 7 nitrogen and oxygen atoms in total. The molecule has 0 aliphatic heterocycles. The number of aliphatic hydroxyl groups excluding tert-OH is 1. The fourth-order valence-corrected chi connectivity index (χ4v) is 4.12. The zero-order valence-electron chi connectivity index (χ0n) is 18.8. The van der Waals surface area contributed by atoms with E-state index in [-0.39, 0.29) is 28.6 Å². The predicted octanol–water partition coefficient (Wildman–Crippen LogP) is 4.23. The number of pyridine rings is 1. The zero-order chi connectivity index (χ0) is 25.6. The Labute approximate surface area is 202 Å². The molecular formula is C25H21F4N5O2. The summed E-state index contributed by atoms with van der Waals surface area (Å²) in [7, 11) is 0. The van der Waals surface area contributed by atoms with E-state index in [0.717, 1.165) is 37.1 Å². The highest BCUT2D eigenvalue weighted by molar-refractivity contribution is 5.98. The second-order valence-corrected chi connectivity index (χ2v) is 8.75. The number of fused-ring (bicyclic) bond motifs is 1. The summed E-state index contributed by atoms with van der Waals surface area (Å²) >= 11 is 0. The van der Waals surface area contributed by atoms with Crippen molar-refractivity contribution >= 4 is 17.5 Å². The summed E-state index contributed by atoms with van der Waals surface area (Å²) in [5, 5.41) is 16.1. The Hall–Kier alpha value is -3.99. The molecule has 11 heteroatoms. The summed E-state index contributed by atoms with van der Waals surface area (Å²) in [6.45, 7) is -1.25. The molecule has 4 N–H and O–H groups in total. The Balaban J connectivity index is 1.43. The van der Waals surface area contributed by atoms with Crippen molar-refractivity contribution in [1.82, 2.24) is 19.9 Å². The molecule has 36 heavy (non-hydrogen) atoms. The number of benzene rings is 2. The van der Waals surface area contributed by atoms with E-state index < -0.39 is 36.1 Å². The highest BCUT2D eigenvalue weighted by atomic mass is 19.3. The number of hydrogen-bond acceptors (Lipinski definition) is 5. The molecule has 1 fully saturated rings. The van der Waals surface area contributed by atoms with Crippen LogP contribution in [0.1, 0.15) is 46.3 Å². The third-order valence-corrected chi connectivity index (χ3v) is 6.15. The van der Waals surface area contributed by atoms with Crippen LogP contribution < -0.4 is 11.1 Å². The van der Waals surface area contributed by atoms with Gasteiger partial charge in [-0.1, -0.05) is 24.3 Å². The minimum Gasteiger partial charge on any atom is -0.382 e. The first-order valence-corrected chi connectivity index (χ1v) is 11.2. The minimum atomic E-state index is -3.79. The lowest BCUT2D eigenvalue weighted by Gasteiger charge is -2.23. The van der Waals surface area contributed by atoms with Crippen molar-refractivity contribution in [2.75, 3.05) is 12.3 Å². The summed E-state index contributed by atoms with van der Waals surface area (Å²) in [5.41, 5.74) is 6.37. The van der Waals surface area contributed by atoms with Crippen LogP contribution in [0.2, 0.25) is 0 Å². The number of alkyl halides is 2. The van der Waals surface area contributed by atoms with Gasteiger partial charge < -0.3 is 16.2 Å². The predicted molar refractivity (Wildman–Crippen MR) is 123 cm³/mol. The lowest BCUT2D eigenvalue weighted by atomic mass is 9.95. The van der Waals surface area contributed by atoms with E-state index in [1.54, 1.807) is 24.4 Å². The smallest absolute Gasteiger partial charge is 0.294 e. The molecule has 2 heterocycles. The minimum absolute atomic E-state index is 0.0422. The van der Waals surface area contributed by atoms with Crippen molar-refractivity contribution in [3.8, 4) is 11.1 Å². The first kappa shape index (κ1) is 23.7. The van der Waals surface area contributed by atoms with Gasteiger partial charge in [0.2, 0.25) is 5.95 Å². The van der Waals surface area contributed by atoms with E-state index in [0.29, 0.717) is 16.8 Å². The third-order valence-electron chi connectivity index (χ3n) is 6.15. The number of nitrogen functional groups attached to an aromatic ring is 1. The van der Waals surface area contributed by atoms with Crippen LogP contribution in [0, 0.1) is 11.6 Å². The van der Waals surface area contributed by atoms with E-state index in [9.17, 15) is 23.1 Å². The average molecular weight is 499 g/mol. The van der Waals surface area contributed by atoms with Gasteiger partial charge in [0.1, 0.15) is 17.7 Å². The molecule has 2 aromatic carbocycles. The van der Waals surface area contributed by atoms with Gasteiger partial charge in [0.15, 0.2) is 5.65 Å². The molecule has 1 amide bonds. The Morgan fingerprint density at radius 2 is 1.89 bits per heavy atom. The Morgan fingerprint density at radius 1 is 1.17 bits per heavy atom. The van der Waals surface area contributed by atoms with E-state index in [1.807, 2.05) is 0 Å². The number of rotatable bonds is 7. The van der Waals surface area contributed by atoms with Crippen molar-refractivity contribution in [2.24, 2.45) is 0 Å². The van der Waals surface area contributed by atoms with Gasteiger partial charge in [-0.3, -0.25) is 4.79 Å². The van der Waals surface area contributed by atoms with Crippen LogP contribution in [0.15, 0.2) is 54.7 Å². The maximum atomic E-state index is 15.7. The number of aliphatic hydroxyl groups is 1. The quantitative estimate of drug-likeness (QED) is 0.330. The molecule has 4 aromatic rings. The molecule has 1 aliphatic carbocycles. The number of amides is 1. The summed E-state index contributed by atoms with van der Waals surface area (Å²) in [4.78, 5) is 17.1. The highest BCUT2D eigenvalue weighted by Gasteiger charge is 2.40. The maximum absolute atomic E-state index is 15.7. The number of aromatic nitrogens is 3. The molecule has 0 saturated heterocycles. The highest BCUT2D eigenvalue weighted by Crippen LogP contribution is 2.43. The SMILES string of the molecule is Nc1nc2cc(-c3ccc(C4CC4)c(C(=O)NCC(F)(F)[C@@H](O)c4ccc(F)cc4)c3F)ccn2n1. The summed E-state index contributed by atoms with van der Waals surface area (Å²) in [5.74, 6) is -6.30. The molecule has 0 spiro atoms. The van der Waals surface area contributed by atoms with Gasteiger partial charge >= 0.3 is 0 Å². The molecule has 0 bridgehead atoms. The van der Waals surface area contributed by atoms with Crippen LogP contribution in [-0.4, -0.2) is 38.1 Å². The molecule has 0 unspecified atom stereocenters. The van der Waals surface area contributed by atoms with Crippen molar-refractivity contribution in [1.29, 1.82) is 0 Å². The second-order valence-electron chi connectivity index (χ2n) is 8.75. The molecular weight excluding hydrogens is 478 g/mol. The van der Waals surface area contributed by atoms with Crippen molar-refractivity contribution < 1.29 is 27.5 Å². The van der Waals surface area contributed by atoms with Crippen LogP contribution in [0.5, 0.6) is 0 Å². The van der Waals surface area contributed by atoms with E-state index in [4.69, 9.17) is 5.73 Å². The number of anilines is 1. The van der Waals surface area contributed by atoms with Crippen molar-refractivity contribution in [2.45, 2.75) is 30.8 Å². The molecule has 1 atom stereocenters. The summed E-state index contributed by atoms with van der Waals surface area (Å²) < 4.78 is 59.6. The molecule has 2 aromatic heterocycles. The average Bonchev–Trinajstić information content (AvgIpc) is 3.62. The van der Waals surface area contributed by atoms with Crippen LogP contribution in [0.25, 0.3) is 16.8 Å². The first-order chi connectivity index (χ1) is 17.1. The van der Waals surface area contributed by atoms with Gasteiger partial charge in [0, 0.05) is 11.8 Å². The number of nitrogens with zero attached hydrogens (tertiary/aromatic N) is 3. The molecule has 186 valence electrons. The van der Waals surface area contributed by atoms with Gasteiger partial charge in [0.25, 0.3) is 11.8 Å². The van der Waals surface area contributed by atoms with Gasteiger partial charge in [-0.25, -0.2) is 22.1 Å². The lowest BCUT2D eigenvalue weighted by molar-refractivity contribution is -0.106. The molecule has 5 rings (SSSR count). The van der Waals surface area contributed by atoms with Crippen molar-refractivity contribution in [3.05, 3.63) is 83.1 Å². The van der Waals surface area contributed by atoms with Gasteiger partial charge in [0.05, 0.1) is 12.1 Å². The zero-order valence-corrected chi connectivity index (χ0v) is 18.8. The number of carbonyl (C=O) groups excluding carboxylic acids is 1. The fourth-order valence-electron chi connectivity index (χ4n) is 4.12. The first-order valence-electron chi connectivity index (χ1n) is 11.2. The number of nitrogens with one attached hydrogen (secondary N) is 1. The van der Waals surface area contributed by atoms with Gasteiger partial charge in [-0.2, -0.15) is 4.98 Å². The van der Waals surface area contributed by atoms with Gasteiger partial charge in [-0.05, 0) is 59.7 Å². The topological polar surface area (TPSA) is 106 Å². The Kier molecular flexibility index (Phi) is 5.87. The van der Waals surface area contributed by atoms with Gasteiger partial charge in [-0.15, -0.1) is 5.10 Å². The van der Waals surface area contributed by atoms with Crippen molar-refractivity contribution in [3.63, 3.8) is 0 Å². The number of halogens is 4. The number of nitrogens with two attached hydrogens (primary N) is 1. The lowest BCUT2D eigenvalue weighted by Crippen LogP contribution is -2.41. The third kappa shape index (κ3) is 4.49. The largest absolute Gasteiger partial charge is 0.382 e. The number of carbonyl (C=O) groups is 1. The van der Waals surface area contributed by atoms with Crippen LogP contribution in [0.4, 0.5) is 23.5 Å². The van der Waals surface area contributed by atoms with E-state index in [2.05, 4.69) is 15.4 Å². The molecule has 1 saturated carbocycles. The van der Waals surface area contributed by atoms with E-state index >= 15 is 4.39 Å². The normalized spacial score (nSPS) is 14.7. The fraction of sp³-hybridized carbons (Fsp3) is 0.240. The Bertz CT molecular complexity index is 1450. The van der Waals surface area contributed by atoms with Crippen LogP contribution in [-0.2, 0) is 0 Å². The van der Waals surface area contributed by atoms with E-state index in [1.165, 1.54) is 10.6 Å². The Morgan fingerprint density at radius 3 is 2.58 bits per heavy atom. The van der Waals surface area contributed by atoms with Crippen LogP contribution in [0.3, 0.4) is 0 Å². The summed E-state index contributed by atoms with van der Waals surface area (Å²) in [6.07, 6.45) is 0.756. The summed E-state index contributed by atoms with van der Waals surface area (Å²) in [6, 6.07) is 10.2. The maximum Gasteiger partial charge on any atom is 0.294 e.